The molecule has 37 heavy (non-hydrogen) atoms. The minimum absolute atomic E-state index is 0.180. The first kappa shape index (κ1) is 24.4. The van der Waals surface area contributed by atoms with Gasteiger partial charge in [0.1, 0.15) is 11.1 Å². The maximum absolute atomic E-state index is 11.7. The Morgan fingerprint density at radius 3 is 2.54 bits per heavy atom. The molecule has 1 saturated heterocycles. The van der Waals surface area contributed by atoms with Crippen LogP contribution in [0, 0.1) is 17.8 Å². The van der Waals surface area contributed by atoms with Gasteiger partial charge in [0.25, 0.3) is 0 Å². The van der Waals surface area contributed by atoms with Gasteiger partial charge in [-0.2, -0.15) is 4.98 Å². The van der Waals surface area contributed by atoms with Crippen LogP contribution in [-0.4, -0.2) is 61.5 Å². The van der Waals surface area contributed by atoms with Crippen LogP contribution in [0.15, 0.2) is 9.32 Å². The molecule has 200 valence electrons. The topological polar surface area (TPSA) is 127 Å². The fraction of sp³-hybridized carbons (Fsp3) is 0.731. The lowest BCUT2D eigenvalue weighted by Crippen LogP contribution is -2.61. The van der Waals surface area contributed by atoms with E-state index in [2.05, 4.69) is 45.7 Å². The van der Waals surface area contributed by atoms with Crippen molar-refractivity contribution in [2.24, 2.45) is 17.8 Å². The Kier molecular flexibility index (Phi) is 6.21. The molecule has 3 aromatic rings. The van der Waals surface area contributed by atoms with E-state index in [4.69, 9.17) is 24.2 Å². The van der Waals surface area contributed by atoms with Gasteiger partial charge in [-0.1, -0.05) is 31.3 Å². The lowest BCUT2D eigenvalue weighted by atomic mass is 9.80. The van der Waals surface area contributed by atoms with E-state index in [9.17, 15) is 4.79 Å². The van der Waals surface area contributed by atoms with Crippen LogP contribution in [0.2, 0.25) is 0 Å². The molecule has 3 fully saturated rings. The molecule has 3 aromatic heterocycles. The monoisotopic (exact) mass is 510 g/mol. The second-order valence-corrected chi connectivity index (χ2v) is 11.8. The van der Waals surface area contributed by atoms with Crippen molar-refractivity contribution < 1.29 is 9.26 Å². The van der Waals surface area contributed by atoms with E-state index < -0.39 is 5.76 Å². The van der Waals surface area contributed by atoms with Gasteiger partial charge in [0, 0.05) is 19.7 Å². The van der Waals surface area contributed by atoms with Crippen molar-refractivity contribution in [3.63, 3.8) is 0 Å². The Balaban J connectivity index is 1.45. The van der Waals surface area contributed by atoms with Gasteiger partial charge in [0.15, 0.2) is 11.5 Å². The van der Waals surface area contributed by atoms with E-state index in [1.165, 1.54) is 44.9 Å². The second-order valence-electron chi connectivity index (χ2n) is 11.8. The molecule has 2 saturated carbocycles. The zero-order valence-corrected chi connectivity index (χ0v) is 22.3. The Hall–Kier alpha value is -2.95. The molecular weight excluding hydrogens is 472 g/mol. The largest absolute Gasteiger partial charge is 0.439 e. The van der Waals surface area contributed by atoms with E-state index in [1.807, 2.05) is 0 Å². The van der Waals surface area contributed by atoms with Gasteiger partial charge in [-0.05, 0) is 57.3 Å². The molecule has 0 spiro atoms. The van der Waals surface area contributed by atoms with E-state index in [0.29, 0.717) is 23.3 Å². The van der Waals surface area contributed by atoms with Gasteiger partial charge < -0.3 is 19.5 Å². The number of fused-ring (bicyclic) bond motifs is 1. The summed E-state index contributed by atoms with van der Waals surface area (Å²) >= 11 is 0. The van der Waals surface area contributed by atoms with Gasteiger partial charge in [0.05, 0.1) is 13.1 Å². The number of rotatable bonds is 8. The van der Waals surface area contributed by atoms with Crippen LogP contribution >= 0.6 is 0 Å². The molecule has 1 atom stereocenters. The number of ether oxygens (including phenoxy) is 1. The molecule has 2 aliphatic carbocycles. The number of anilines is 2. The number of H-pyrrole nitrogens is 1. The summed E-state index contributed by atoms with van der Waals surface area (Å²) in [6.45, 7) is 9.13. The highest BCUT2D eigenvalue weighted by Crippen LogP contribution is 2.38. The standard InChI is InChI=1S/C26H38N8O3/c1-15-8-10-17(11-9-15)12-34-19-20(27-16(2)18-6-5-7-18)28-22(23-31-25(35)37-32-23)29-21(19)30-24(34)33-13-26(3,14-33)36-4/h15-18H,5-14H2,1-4H3,(H,27,28,29)(H,31,32,35). The first-order valence-corrected chi connectivity index (χ1v) is 13.7. The lowest BCUT2D eigenvalue weighted by Gasteiger charge is -2.47. The maximum Gasteiger partial charge on any atom is 0.439 e. The predicted molar refractivity (Wildman–Crippen MR) is 141 cm³/mol. The molecule has 0 amide bonds. The average Bonchev–Trinajstić information content (AvgIpc) is 3.41. The highest BCUT2D eigenvalue weighted by Gasteiger charge is 2.42. The highest BCUT2D eigenvalue weighted by molar-refractivity contribution is 5.87. The van der Waals surface area contributed by atoms with Crippen LogP contribution in [0.4, 0.5) is 11.8 Å². The van der Waals surface area contributed by atoms with Crippen LogP contribution in [-0.2, 0) is 11.3 Å². The minimum atomic E-state index is -0.631. The van der Waals surface area contributed by atoms with Crippen LogP contribution in [0.1, 0.15) is 65.7 Å². The van der Waals surface area contributed by atoms with Gasteiger partial charge in [0.2, 0.25) is 17.6 Å². The number of nitrogens with zero attached hydrogens (tertiary/aromatic N) is 6. The fourth-order valence-corrected chi connectivity index (χ4v) is 6.05. The van der Waals surface area contributed by atoms with Gasteiger partial charge >= 0.3 is 5.76 Å². The van der Waals surface area contributed by atoms with Gasteiger partial charge in [-0.25, -0.2) is 14.8 Å². The van der Waals surface area contributed by atoms with Crippen LogP contribution < -0.4 is 16.0 Å². The van der Waals surface area contributed by atoms with Crippen molar-refractivity contribution in [3.05, 3.63) is 10.6 Å². The number of nitrogens with one attached hydrogen (secondary N) is 2. The number of aromatic amines is 1. The van der Waals surface area contributed by atoms with E-state index >= 15 is 0 Å². The molecular formula is C26H38N8O3. The molecule has 4 heterocycles. The van der Waals surface area contributed by atoms with Crippen molar-refractivity contribution in [1.82, 2.24) is 29.7 Å². The first-order valence-electron chi connectivity index (χ1n) is 13.7. The summed E-state index contributed by atoms with van der Waals surface area (Å²) in [4.78, 5) is 31.2. The Labute approximate surface area is 216 Å². The third-order valence-electron chi connectivity index (χ3n) is 8.86. The Morgan fingerprint density at radius 1 is 1.16 bits per heavy atom. The summed E-state index contributed by atoms with van der Waals surface area (Å²) in [6.07, 6.45) is 8.69. The number of imidazole rings is 1. The minimum Gasteiger partial charge on any atom is -0.375 e. The second kappa shape index (κ2) is 9.41. The van der Waals surface area contributed by atoms with Crippen molar-refractivity contribution >= 4 is 22.9 Å². The quantitative estimate of drug-likeness (QED) is 0.465. The Bertz CT molecular complexity index is 1310. The highest BCUT2D eigenvalue weighted by atomic mass is 16.5. The molecule has 3 aliphatic rings. The van der Waals surface area contributed by atoms with Crippen LogP contribution in [0.3, 0.4) is 0 Å². The van der Waals surface area contributed by atoms with Crippen molar-refractivity contribution in [3.8, 4) is 11.6 Å². The Morgan fingerprint density at radius 2 is 1.92 bits per heavy atom. The molecule has 0 bridgehead atoms. The molecule has 2 N–H and O–H groups in total. The molecule has 1 aliphatic heterocycles. The van der Waals surface area contributed by atoms with Gasteiger partial charge in [-0.3, -0.25) is 9.51 Å². The summed E-state index contributed by atoms with van der Waals surface area (Å²) in [5, 5.41) is 7.54. The number of hydrogen-bond donors (Lipinski definition) is 2. The number of methoxy groups -OCH3 is 1. The maximum atomic E-state index is 11.7. The molecule has 6 rings (SSSR count). The summed E-state index contributed by atoms with van der Waals surface area (Å²) in [7, 11) is 1.77. The van der Waals surface area contributed by atoms with E-state index in [1.54, 1.807) is 7.11 Å². The molecule has 1 unspecified atom stereocenters. The fourth-order valence-electron chi connectivity index (χ4n) is 6.05. The van der Waals surface area contributed by atoms with E-state index in [-0.39, 0.29) is 17.5 Å². The van der Waals surface area contributed by atoms with E-state index in [0.717, 1.165) is 42.8 Å². The van der Waals surface area contributed by atoms with Crippen molar-refractivity contribution in [2.75, 3.05) is 30.4 Å². The zero-order chi connectivity index (χ0) is 25.7. The number of aromatic nitrogens is 6. The SMILES string of the molecule is COC1(C)CN(c2nc3nc(-c4noc(=O)[nH]4)nc(NC(C)C4CCC4)c3n2CC2CCC(C)CC2)C1. The lowest BCUT2D eigenvalue weighted by molar-refractivity contribution is -0.0178. The molecule has 11 nitrogen and oxygen atoms in total. The summed E-state index contributed by atoms with van der Waals surface area (Å²) in [5.41, 5.74) is 1.34. The summed E-state index contributed by atoms with van der Waals surface area (Å²) < 4.78 is 12.8. The average molecular weight is 511 g/mol. The molecule has 0 radical (unpaired) electrons. The normalized spacial score (nSPS) is 24.6. The summed E-state index contributed by atoms with van der Waals surface area (Å²) in [5.74, 6) is 3.52. The zero-order valence-electron chi connectivity index (χ0n) is 22.3. The summed E-state index contributed by atoms with van der Waals surface area (Å²) in [6, 6.07) is 0.263. The van der Waals surface area contributed by atoms with Crippen molar-refractivity contribution in [1.29, 1.82) is 0 Å². The van der Waals surface area contributed by atoms with Crippen molar-refractivity contribution in [2.45, 2.75) is 83.9 Å². The first-order chi connectivity index (χ1) is 17.8. The van der Waals surface area contributed by atoms with Crippen LogP contribution in [0.5, 0.6) is 0 Å². The third-order valence-corrected chi connectivity index (χ3v) is 8.86. The predicted octanol–water partition coefficient (Wildman–Crippen LogP) is 3.82. The molecule has 11 heteroatoms. The third kappa shape index (κ3) is 4.62. The number of hydrogen-bond acceptors (Lipinski definition) is 9. The van der Waals surface area contributed by atoms with Crippen LogP contribution in [0.25, 0.3) is 22.8 Å². The van der Waals surface area contributed by atoms with Gasteiger partial charge in [-0.15, -0.1) is 0 Å². The molecule has 0 aromatic carbocycles. The smallest absolute Gasteiger partial charge is 0.375 e.